The summed E-state index contributed by atoms with van der Waals surface area (Å²) >= 11 is 0. The van der Waals surface area contributed by atoms with Crippen molar-refractivity contribution in [3.8, 4) is 5.75 Å². The van der Waals surface area contributed by atoms with Gasteiger partial charge in [-0.05, 0) is 43.9 Å². The van der Waals surface area contributed by atoms with Gasteiger partial charge in [-0.25, -0.2) is 4.79 Å². The Hall–Kier alpha value is -2.24. The van der Waals surface area contributed by atoms with Crippen LogP contribution in [0.2, 0.25) is 0 Å². The maximum absolute atomic E-state index is 12.2. The molecule has 1 saturated heterocycles. The zero-order valence-corrected chi connectivity index (χ0v) is 13.7. The summed E-state index contributed by atoms with van der Waals surface area (Å²) in [5, 5.41) is 0. The lowest BCUT2D eigenvalue weighted by atomic mass is 9.85. The molecule has 0 aromatic heterocycles. The van der Waals surface area contributed by atoms with Crippen molar-refractivity contribution in [1.82, 2.24) is 4.90 Å². The van der Waals surface area contributed by atoms with Crippen LogP contribution in [0, 0.1) is 0 Å². The summed E-state index contributed by atoms with van der Waals surface area (Å²) in [5.74, 6) is -0.273. The van der Waals surface area contributed by atoms with E-state index in [0.29, 0.717) is 18.9 Å². The number of ether oxygens (including phenoxy) is 2. The van der Waals surface area contributed by atoms with Gasteiger partial charge < -0.3 is 20.1 Å². The van der Waals surface area contributed by atoms with Crippen LogP contribution in [-0.4, -0.2) is 43.2 Å². The van der Waals surface area contributed by atoms with Crippen molar-refractivity contribution in [1.29, 1.82) is 0 Å². The number of nitrogens with zero attached hydrogens (tertiary/aromatic N) is 1. The summed E-state index contributed by atoms with van der Waals surface area (Å²) in [7, 11) is 1.59. The van der Waals surface area contributed by atoms with Crippen molar-refractivity contribution >= 4 is 12.0 Å². The largest absolute Gasteiger partial charge is 0.497 e. The van der Waals surface area contributed by atoms with Gasteiger partial charge in [-0.3, -0.25) is 4.79 Å². The number of benzene rings is 1. The molecule has 0 spiro atoms. The molecular weight excluding hydrogens is 296 g/mol. The standard InChI is InChI=1S/C17H24N2O4/c1-3-23-17(21)19-11-5-4-6-14(19)15(16(18)20)12-7-9-13(22-2)10-8-12/h7-10,14-15H,3-6,11H2,1-2H3,(H2,18,20)/t14-,15+/m1/s1. The third kappa shape index (κ3) is 3.94. The Balaban J connectivity index is 2.29. The van der Waals surface area contributed by atoms with Crippen molar-refractivity contribution in [2.45, 2.75) is 38.1 Å². The molecule has 6 nitrogen and oxygen atoms in total. The molecular formula is C17H24N2O4. The summed E-state index contributed by atoms with van der Waals surface area (Å²) < 4.78 is 10.3. The summed E-state index contributed by atoms with van der Waals surface area (Å²) in [6.07, 6.45) is 2.22. The molecule has 0 radical (unpaired) electrons. The van der Waals surface area contributed by atoms with Crippen molar-refractivity contribution in [3.63, 3.8) is 0 Å². The van der Waals surface area contributed by atoms with Gasteiger partial charge in [-0.1, -0.05) is 12.1 Å². The van der Waals surface area contributed by atoms with E-state index >= 15 is 0 Å². The van der Waals surface area contributed by atoms with Gasteiger partial charge in [0.2, 0.25) is 5.91 Å². The Labute approximate surface area is 136 Å². The smallest absolute Gasteiger partial charge is 0.410 e. The fourth-order valence-electron chi connectivity index (χ4n) is 3.12. The molecule has 0 aliphatic carbocycles. The highest BCUT2D eigenvalue weighted by atomic mass is 16.6. The zero-order valence-electron chi connectivity index (χ0n) is 13.7. The number of rotatable bonds is 5. The Kier molecular flexibility index (Phi) is 5.84. The number of nitrogens with two attached hydrogens (primary N) is 1. The lowest BCUT2D eigenvalue weighted by Gasteiger charge is -2.38. The van der Waals surface area contributed by atoms with Gasteiger partial charge in [-0.15, -0.1) is 0 Å². The van der Waals surface area contributed by atoms with E-state index in [-0.39, 0.29) is 12.1 Å². The van der Waals surface area contributed by atoms with Crippen LogP contribution in [-0.2, 0) is 9.53 Å². The number of primary amides is 1. The van der Waals surface area contributed by atoms with Crippen LogP contribution in [0.5, 0.6) is 5.75 Å². The molecule has 1 aliphatic rings. The number of amides is 2. The molecule has 0 bridgehead atoms. The first-order valence-corrected chi connectivity index (χ1v) is 7.95. The minimum atomic E-state index is -0.550. The minimum absolute atomic E-state index is 0.270. The topological polar surface area (TPSA) is 81.9 Å². The SMILES string of the molecule is CCOC(=O)N1CCCC[C@@H]1[C@@H](C(N)=O)c1ccc(OC)cc1. The van der Waals surface area contributed by atoms with E-state index in [2.05, 4.69) is 0 Å². The second-order valence-electron chi connectivity index (χ2n) is 5.61. The third-order valence-electron chi connectivity index (χ3n) is 4.22. The molecule has 2 atom stereocenters. The van der Waals surface area contributed by atoms with Crippen LogP contribution in [0.1, 0.15) is 37.7 Å². The quantitative estimate of drug-likeness (QED) is 0.902. The number of carbonyl (C=O) groups excluding carboxylic acids is 2. The molecule has 0 unspecified atom stereocenters. The molecule has 23 heavy (non-hydrogen) atoms. The Morgan fingerprint density at radius 3 is 2.57 bits per heavy atom. The highest BCUT2D eigenvalue weighted by Crippen LogP contribution is 2.31. The molecule has 126 valence electrons. The van der Waals surface area contributed by atoms with E-state index in [0.717, 1.165) is 24.8 Å². The first-order valence-electron chi connectivity index (χ1n) is 7.95. The Morgan fingerprint density at radius 1 is 1.30 bits per heavy atom. The zero-order chi connectivity index (χ0) is 16.8. The van der Waals surface area contributed by atoms with Crippen molar-refractivity contribution in [3.05, 3.63) is 29.8 Å². The molecule has 2 amide bonds. The number of hydrogen-bond donors (Lipinski definition) is 1. The lowest BCUT2D eigenvalue weighted by molar-refractivity contribution is -0.121. The maximum Gasteiger partial charge on any atom is 0.410 e. The van der Waals surface area contributed by atoms with Crippen LogP contribution in [0.4, 0.5) is 4.79 Å². The highest BCUT2D eigenvalue weighted by molar-refractivity contribution is 5.84. The summed E-state index contributed by atoms with van der Waals surface area (Å²) in [6.45, 7) is 2.67. The summed E-state index contributed by atoms with van der Waals surface area (Å²) in [5.41, 5.74) is 6.45. The van der Waals surface area contributed by atoms with E-state index in [4.69, 9.17) is 15.2 Å². The van der Waals surface area contributed by atoms with Gasteiger partial charge in [0.15, 0.2) is 0 Å². The Bertz CT molecular complexity index is 544. The van der Waals surface area contributed by atoms with E-state index in [1.807, 2.05) is 12.1 Å². The highest BCUT2D eigenvalue weighted by Gasteiger charge is 2.37. The first kappa shape index (κ1) is 17.1. The number of likely N-dealkylation sites (tertiary alicyclic amines) is 1. The predicted octanol–water partition coefficient (Wildman–Crippen LogP) is 2.28. The summed E-state index contributed by atoms with van der Waals surface area (Å²) in [6, 6.07) is 6.97. The summed E-state index contributed by atoms with van der Waals surface area (Å²) in [4.78, 5) is 25.9. The molecule has 2 N–H and O–H groups in total. The molecule has 1 aliphatic heterocycles. The van der Waals surface area contributed by atoms with E-state index in [1.54, 1.807) is 31.1 Å². The van der Waals surface area contributed by atoms with Gasteiger partial charge in [0.05, 0.1) is 25.7 Å². The number of methoxy groups -OCH3 is 1. The van der Waals surface area contributed by atoms with Crippen LogP contribution in [0.15, 0.2) is 24.3 Å². The molecule has 1 aromatic carbocycles. The van der Waals surface area contributed by atoms with Crippen LogP contribution in [0.25, 0.3) is 0 Å². The lowest BCUT2D eigenvalue weighted by Crippen LogP contribution is -2.50. The first-order chi connectivity index (χ1) is 11.1. The second-order valence-corrected chi connectivity index (χ2v) is 5.61. The second kappa shape index (κ2) is 7.85. The van der Waals surface area contributed by atoms with E-state index in [1.165, 1.54) is 0 Å². The van der Waals surface area contributed by atoms with Crippen molar-refractivity contribution < 1.29 is 19.1 Å². The van der Waals surface area contributed by atoms with Gasteiger partial charge in [0.1, 0.15) is 5.75 Å². The molecule has 6 heteroatoms. The van der Waals surface area contributed by atoms with E-state index < -0.39 is 11.8 Å². The average Bonchev–Trinajstić information content (AvgIpc) is 2.56. The third-order valence-corrected chi connectivity index (χ3v) is 4.22. The monoisotopic (exact) mass is 320 g/mol. The minimum Gasteiger partial charge on any atom is -0.497 e. The normalized spacial score (nSPS) is 19.0. The Morgan fingerprint density at radius 2 is 2.00 bits per heavy atom. The van der Waals surface area contributed by atoms with Crippen molar-refractivity contribution in [2.24, 2.45) is 5.73 Å². The van der Waals surface area contributed by atoms with Gasteiger partial charge in [0.25, 0.3) is 0 Å². The van der Waals surface area contributed by atoms with Crippen molar-refractivity contribution in [2.75, 3.05) is 20.3 Å². The van der Waals surface area contributed by atoms with E-state index in [9.17, 15) is 9.59 Å². The number of carbonyl (C=O) groups is 2. The molecule has 1 aromatic rings. The molecule has 1 heterocycles. The number of piperidine rings is 1. The number of hydrogen-bond acceptors (Lipinski definition) is 4. The van der Waals surface area contributed by atoms with Gasteiger partial charge in [-0.2, -0.15) is 0 Å². The molecule has 0 saturated carbocycles. The molecule has 2 rings (SSSR count). The fourth-order valence-corrected chi connectivity index (χ4v) is 3.12. The molecule has 1 fully saturated rings. The predicted molar refractivity (Wildman–Crippen MR) is 86.3 cm³/mol. The van der Waals surface area contributed by atoms with Gasteiger partial charge in [0, 0.05) is 6.54 Å². The van der Waals surface area contributed by atoms with Gasteiger partial charge >= 0.3 is 6.09 Å². The average molecular weight is 320 g/mol. The fraction of sp³-hybridized carbons (Fsp3) is 0.529. The maximum atomic E-state index is 12.2. The van der Waals surface area contributed by atoms with Crippen LogP contribution >= 0.6 is 0 Å². The van der Waals surface area contributed by atoms with Crippen LogP contribution < -0.4 is 10.5 Å². The van der Waals surface area contributed by atoms with Crippen LogP contribution in [0.3, 0.4) is 0 Å².